The lowest BCUT2D eigenvalue weighted by atomic mass is 10.0. The molecular formula is C10H20O4. The van der Waals surface area contributed by atoms with Crippen molar-refractivity contribution in [2.24, 2.45) is 5.92 Å². The maximum Gasteiger partial charge on any atom is 0.311 e. The Morgan fingerprint density at radius 2 is 1.93 bits per heavy atom. The normalized spacial score (nSPS) is 14.9. The molecule has 1 N–H and O–H groups in total. The second-order valence-electron chi connectivity index (χ2n) is 2.99. The van der Waals surface area contributed by atoms with Crippen molar-refractivity contribution in [3.05, 3.63) is 0 Å². The van der Waals surface area contributed by atoms with Gasteiger partial charge in [0.1, 0.15) is 0 Å². The molecule has 2 atom stereocenters. The molecule has 4 heteroatoms. The van der Waals surface area contributed by atoms with Crippen molar-refractivity contribution in [1.29, 1.82) is 0 Å². The number of aliphatic hydroxyl groups is 1. The molecular weight excluding hydrogens is 184 g/mol. The third-order valence-corrected chi connectivity index (χ3v) is 1.99. The van der Waals surface area contributed by atoms with Gasteiger partial charge in [-0.25, -0.2) is 0 Å². The van der Waals surface area contributed by atoms with Crippen LogP contribution in [0.5, 0.6) is 0 Å². The molecule has 14 heavy (non-hydrogen) atoms. The fraction of sp³-hybridized carbons (Fsp3) is 0.900. The smallest absolute Gasteiger partial charge is 0.311 e. The zero-order valence-electron chi connectivity index (χ0n) is 9.16. The highest BCUT2D eigenvalue weighted by molar-refractivity contribution is 5.73. The largest absolute Gasteiger partial charge is 0.466 e. The lowest BCUT2D eigenvalue weighted by Gasteiger charge is -2.19. The Hall–Kier alpha value is -0.610. The summed E-state index contributed by atoms with van der Waals surface area (Å²) in [4.78, 5) is 11.3. The third kappa shape index (κ3) is 4.58. The summed E-state index contributed by atoms with van der Waals surface area (Å²) in [6.45, 7) is 6.51. The van der Waals surface area contributed by atoms with Crippen LogP contribution >= 0.6 is 0 Å². The van der Waals surface area contributed by atoms with Crippen LogP contribution in [0, 0.1) is 5.92 Å². The first-order valence-electron chi connectivity index (χ1n) is 5.09. The van der Waals surface area contributed by atoms with Gasteiger partial charge in [0.15, 0.2) is 0 Å². The van der Waals surface area contributed by atoms with E-state index in [4.69, 9.17) is 9.47 Å². The number of esters is 1. The number of ether oxygens (including phenoxy) is 2. The minimum absolute atomic E-state index is 0.188. The Bertz CT molecular complexity index is 158. The van der Waals surface area contributed by atoms with Gasteiger partial charge in [0.05, 0.1) is 25.2 Å². The lowest BCUT2D eigenvalue weighted by molar-refractivity contribution is -0.153. The molecule has 0 aromatic rings. The Morgan fingerprint density at radius 1 is 1.29 bits per heavy atom. The maximum atomic E-state index is 11.3. The van der Waals surface area contributed by atoms with E-state index in [-0.39, 0.29) is 12.6 Å². The second kappa shape index (κ2) is 7.76. The van der Waals surface area contributed by atoms with Gasteiger partial charge >= 0.3 is 5.97 Å². The van der Waals surface area contributed by atoms with Gasteiger partial charge in [-0.05, 0) is 20.3 Å². The van der Waals surface area contributed by atoms with E-state index >= 15 is 0 Å². The lowest BCUT2D eigenvalue weighted by Crippen LogP contribution is -2.33. The van der Waals surface area contributed by atoms with Crippen LogP contribution in [0.25, 0.3) is 0 Å². The molecule has 0 aromatic heterocycles. The number of aliphatic hydroxyl groups excluding tert-OH is 1. The first-order chi connectivity index (χ1) is 6.67. The molecule has 0 aliphatic rings. The molecule has 0 spiro atoms. The predicted molar refractivity (Wildman–Crippen MR) is 52.9 cm³/mol. The predicted octanol–water partition coefficient (Wildman–Crippen LogP) is 0.973. The van der Waals surface area contributed by atoms with E-state index in [0.29, 0.717) is 19.6 Å². The van der Waals surface area contributed by atoms with Gasteiger partial charge in [-0.1, -0.05) is 6.92 Å². The molecule has 84 valence electrons. The minimum Gasteiger partial charge on any atom is -0.466 e. The van der Waals surface area contributed by atoms with E-state index in [1.807, 2.05) is 13.8 Å². The molecule has 0 saturated carbocycles. The summed E-state index contributed by atoms with van der Waals surface area (Å²) in [5.74, 6) is -0.816. The quantitative estimate of drug-likeness (QED) is 0.628. The summed E-state index contributed by atoms with van der Waals surface area (Å²) in [5, 5.41) is 9.61. The topological polar surface area (TPSA) is 55.8 Å². The molecule has 0 amide bonds. The number of rotatable bonds is 7. The van der Waals surface area contributed by atoms with Crippen molar-refractivity contribution >= 4 is 5.97 Å². The number of hydrogen-bond donors (Lipinski definition) is 1. The summed E-state index contributed by atoms with van der Waals surface area (Å²) < 4.78 is 9.89. The molecule has 0 aliphatic heterocycles. The van der Waals surface area contributed by atoms with E-state index in [0.717, 1.165) is 0 Å². The van der Waals surface area contributed by atoms with E-state index < -0.39 is 12.0 Å². The van der Waals surface area contributed by atoms with E-state index in [1.165, 1.54) is 0 Å². The van der Waals surface area contributed by atoms with Crippen LogP contribution in [0.3, 0.4) is 0 Å². The van der Waals surface area contributed by atoms with Crippen LogP contribution in [-0.2, 0) is 14.3 Å². The standard InChI is InChI=1S/C10H20O4/c1-4-8(10(12)14-6-3)9(11)7-13-5-2/h8-9,11H,4-7H2,1-3H3. The van der Waals surface area contributed by atoms with Gasteiger partial charge in [0.25, 0.3) is 0 Å². The van der Waals surface area contributed by atoms with Gasteiger partial charge in [-0.2, -0.15) is 0 Å². The zero-order chi connectivity index (χ0) is 11.0. The summed E-state index contributed by atoms with van der Waals surface area (Å²) >= 11 is 0. The Kier molecular flexibility index (Phi) is 7.42. The average molecular weight is 204 g/mol. The molecule has 0 rings (SSSR count). The highest BCUT2D eigenvalue weighted by Gasteiger charge is 2.26. The van der Waals surface area contributed by atoms with Crippen LogP contribution in [-0.4, -0.2) is 37.0 Å². The Labute approximate surface area is 85.2 Å². The first kappa shape index (κ1) is 13.4. The first-order valence-corrected chi connectivity index (χ1v) is 5.09. The molecule has 0 fully saturated rings. The molecule has 0 heterocycles. The fourth-order valence-electron chi connectivity index (χ4n) is 1.20. The second-order valence-corrected chi connectivity index (χ2v) is 2.99. The van der Waals surface area contributed by atoms with E-state index in [9.17, 15) is 9.90 Å². The summed E-state index contributed by atoms with van der Waals surface area (Å²) in [6, 6.07) is 0. The maximum absolute atomic E-state index is 11.3. The van der Waals surface area contributed by atoms with Gasteiger partial charge < -0.3 is 14.6 Å². The molecule has 0 radical (unpaired) electrons. The Morgan fingerprint density at radius 3 is 2.36 bits per heavy atom. The van der Waals surface area contributed by atoms with Crippen molar-refractivity contribution in [3.8, 4) is 0 Å². The van der Waals surface area contributed by atoms with Gasteiger partial charge in [0.2, 0.25) is 0 Å². The SMILES string of the molecule is CCOCC(O)C(CC)C(=O)OCC. The van der Waals surface area contributed by atoms with Gasteiger partial charge in [-0.3, -0.25) is 4.79 Å². The molecule has 4 nitrogen and oxygen atoms in total. The van der Waals surface area contributed by atoms with E-state index in [1.54, 1.807) is 6.92 Å². The van der Waals surface area contributed by atoms with Gasteiger partial charge in [0, 0.05) is 6.61 Å². The van der Waals surface area contributed by atoms with Crippen LogP contribution in [0.2, 0.25) is 0 Å². The van der Waals surface area contributed by atoms with Crippen molar-refractivity contribution in [1.82, 2.24) is 0 Å². The van der Waals surface area contributed by atoms with Gasteiger partial charge in [-0.15, -0.1) is 0 Å². The van der Waals surface area contributed by atoms with Crippen LogP contribution in [0.1, 0.15) is 27.2 Å². The van der Waals surface area contributed by atoms with Crippen LogP contribution in [0.4, 0.5) is 0 Å². The van der Waals surface area contributed by atoms with E-state index in [2.05, 4.69) is 0 Å². The minimum atomic E-state index is -0.765. The summed E-state index contributed by atoms with van der Waals surface area (Å²) in [7, 11) is 0. The van der Waals surface area contributed by atoms with Crippen molar-refractivity contribution in [3.63, 3.8) is 0 Å². The molecule has 0 aromatic carbocycles. The molecule has 0 saturated heterocycles. The Balaban J connectivity index is 4.03. The number of carbonyl (C=O) groups excluding carboxylic acids is 1. The van der Waals surface area contributed by atoms with Crippen molar-refractivity contribution < 1.29 is 19.4 Å². The fourth-order valence-corrected chi connectivity index (χ4v) is 1.20. The number of hydrogen-bond acceptors (Lipinski definition) is 4. The molecule has 2 unspecified atom stereocenters. The monoisotopic (exact) mass is 204 g/mol. The molecule has 0 bridgehead atoms. The summed E-state index contributed by atoms with van der Waals surface area (Å²) in [6.07, 6.45) is -0.202. The third-order valence-electron chi connectivity index (χ3n) is 1.99. The summed E-state index contributed by atoms with van der Waals surface area (Å²) in [5.41, 5.74) is 0. The van der Waals surface area contributed by atoms with Crippen LogP contribution < -0.4 is 0 Å². The molecule has 0 aliphatic carbocycles. The highest BCUT2D eigenvalue weighted by atomic mass is 16.5. The average Bonchev–Trinajstić information content (AvgIpc) is 2.16. The van der Waals surface area contributed by atoms with Crippen molar-refractivity contribution in [2.45, 2.75) is 33.3 Å². The highest BCUT2D eigenvalue weighted by Crippen LogP contribution is 2.11. The van der Waals surface area contributed by atoms with Crippen molar-refractivity contribution in [2.75, 3.05) is 19.8 Å². The zero-order valence-corrected chi connectivity index (χ0v) is 9.16. The number of carbonyl (C=O) groups is 1. The van der Waals surface area contributed by atoms with Crippen LogP contribution in [0.15, 0.2) is 0 Å².